The fourth-order valence-corrected chi connectivity index (χ4v) is 4.23. The van der Waals surface area contributed by atoms with Crippen molar-refractivity contribution in [1.29, 1.82) is 5.26 Å². The van der Waals surface area contributed by atoms with Crippen molar-refractivity contribution >= 4 is 17.6 Å². The van der Waals surface area contributed by atoms with Gasteiger partial charge in [0.25, 0.3) is 5.56 Å². The van der Waals surface area contributed by atoms with Crippen LogP contribution in [0.3, 0.4) is 0 Å². The first-order valence-electron chi connectivity index (χ1n) is 10.2. The van der Waals surface area contributed by atoms with Gasteiger partial charge in [0.2, 0.25) is 0 Å². The van der Waals surface area contributed by atoms with Crippen LogP contribution in [0.15, 0.2) is 47.5 Å². The molecule has 0 saturated carbocycles. The molecular formula is C24H25ClN4O4. The standard InChI is InChI=1S/C24H25ClN4O4/c1-24(2,3)21(18-8-9-28(4)27-18)22(23(31)32)29-13-19(33-5)17(11-20(29)30)16-10-15(25)7-6-14(16)12-26/h6-11,13,21-22H,1-5H3,(H,31,32). The zero-order valence-corrected chi connectivity index (χ0v) is 19.8. The molecule has 172 valence electrons. The predicted octanol–water partition coefficient (Wildman–Crippen LogP) is 4.24. The number of hydrogen-bond acceptors (Lipinski definition) is 5. The van der Waals surface area contributed by atoms with E-state index in [0.717, 1.165) is 4.57 Å². The Balaban J connectivity index is 2.27. The molecule has 0 bridgehead atoms. The van der Waals surface area contributed by atoms with E-state index in [4.69, 9.17) is 16.3 Å². The Hall–Kier alpha value is -3.57. The Bertz CT molecular complexity index is 1300. The number of benzene rings is 1. The molecule has 9 heteroatoms. The van der Waals surface area contributed by atoms with Crippen molar-refractivity contribution < 1.29 is 14.6 Å². The fourth-order valence-electron chi connectivity index (χ4n) is 4.06. The summed E-state index contributed by atoms with van der Waals surface area (Å²) in [5, 5.41) is 24.6. The lowest BCUT2D eigenvalue weighted by Crippen LogP contribution is -2.38. The van der Waals surface area contributed by atoms with Crippen molar-refractivity contribution in [2.45, 2.75) is 32.7 Å². The molecule has 2 heterocycles. The average molecular weight is 469 g/mol. The third-order valence-electron chi connectivity index (χ3n) is 5.51. The van der Waals surface area contributed by atoms with Gasteiger partial charge in [-0.25, -0.2) is 4.79 Å². The van der Waals surface area contributed by atoms with Crippen LogP contribution in [0, 0.1) is 16.7 Å². The normalized spacial score (nSPS) is 13.2. The number of nitrogens with zero attached hydrogens (tertiary/aromatic N) is 4. The molecule has 2 atom stereocenters. The van der Waals surface area contributed by atoms with E-state index in [9.17, 15) is 20.0 Å². The first-order chi connectivity index (χ1) is 15.5. The molecule has 0 aliphatic rings. The summed E-state index contributed by atoms with van der Waals surface area (Å²) in [7, 11) is 3.17. The van der Waals surface area contributed by atoms with Crippen molar-refractivity contribution in [2.75, 3.05) is 7.11 Å². The first kappa shape index (κ1) is 24.1. The van der Waals surface area contributed by atoms with Gasteiger partial charge >= 0.3 is 5.97 Å². The summed E-state index contributed by atoms with van der Waals surface area (Å²) in [4.78, 5) is 25.8. The fraction of sp³-hybridized carbons (Fsp3) is 0.333. The highest BCUT2D eigenvalue weighted by Crippen LogP contribution is 2.43. The van der Waals surface area contributed by atoms with Gasteiger partial charge in [-0.1, -0.05) is 32.4 Å². The first-order valence-corrected chi connectivity index (χ1v) is 10.6. The zero-order valence-electron chi connectivity index (χ0n) is 19.0. The molecule has 0 spiro atoms. The highest BCUT2D eigenvalue weighted by atomic mass is 35.5. The average Bonchev–Trinajstić information content (AvgIpc) is 3.16. The molecule has 2 aromatic heterocycles. The minimum atomic E-state index is -1.25. The topological polar surface area (TPSA) is 110 Å². The monoisotopic (exact) mass is 468 g/mol. The molecule has 33 heavy (non-hydrogen) atoms. The molecule has 0 aliphatic carbocycles. The van der Waals surface area contributed by atoms with Crippen LogP contribution in [0.25, 0.3) is 11.1 Å². The van der Waals surface area contributed by atoms with Crippen LogP contribution in [0.1, 0.15) is 44.0 Å². The van der Waals surface area contributed by atoms with Gasteiger partial charge in [-0.15, -0.1) is 0 Å². The van der Waals surface area contributed by atoms with Gasteiger partial charge in [0.1, 0.15) is 11.8 Å². The molecular weight excluding hydrogens is 444 g/mol. The molecule has 1 aromatic carbocycles. The Labute approximate surface area is 196 Å². The Morgan fingerprint density at radius 2 is 1.94 bits per heavy atom. The smallest absolute Gasteiger partial charge is 0.327 e. The highest BCUT2D eigenvalue weighted by Gasteiger charge is 2.41. The van der Waals surface area contributed by atoms with E-state index < -0.39 is 28.9 Å². The number of carbonyl (C=O) groups is 1. The number of hydrogen-bond donors (Lipinski definition) is 1. The van der Waals surface area contributed by atoms with Crippen molar-refractivity contribution in [3.8, 4) is 22.9 Å². The quantitative estimate of drug-likeness (QED) is 0.579. The third-order valence-corrected chi connectivity index (χ3v) is 5.75. The van der Waals surface area contributed by atoms with E-state index in [1.807, 2.05) is 20.8 Å². The van der Waals surface area contributed by atoms with Gasteiger partial charge in [-0.2, -0.15) is 10.4 Å². The molecule has 0 radical (unpaired) electrons. The number of aromatic nitrogens is 3. The minimum absolute atomic E-state index is 0.244. The lowest BCUT2D eigenvalue weighted by Gasteiger charge is -2.35. The molecule has 3 rings (SSSR count). The lowest BCUT2D eigenvalue weighted by molar-refractivity contribution is -0.143. The summed E-state index contributed by atoms with van der Waals surface area (Å²) in [5.41, 5.74) is 0.568. The second-order valence-electron chi connectivity index (χ2n) is 8.84. The van der Waals surface area contributed by atoms with Crippen LogP contribution in [-0.4, -0.2) is 32.5 Å². The summed E-state index contributed by atoms with van der Waals surface area (Å²) >= 11 is 6.12. The van der Waals surface area contributed by atoms with Crippen molar-refractivity contribution in [3.63, 3.8) is 0 Å². The summed E-state index contributed by atoms with van der Waals surface area (Å²) in [5.74, 6) is -1.54. The predicted molar refractivity (Wildman–Crippen MR) is 124 cm³/mol. The van der Waals surface area contributed by atoms with E-state index in [1.165, 1.54) is 19.4 Å². The zero-order chi connectivity index (χ0) is 24.5. The number of halogens is 1. The molecule has 0 amide bonds. The van der Waals surface area contributed by atoms with Crippen molar-refractivity contribution in [1.82, 2.24) is 14.3 Å². The Morgan fingerprint density at radius 1 is 1.24 bits per heavy atom. The molecule has 3 aromatic rings. The van der Waals surface area contributed by atoms with Gasteiger partial charge < -0.3 is 9.84 Å². The number of methoxy groups -OCH3 is 1. The summed E-state index contributed by atoms with van der Waals surface area (Å²) < 4.78 is 8.27. The lowest BCUT2D eigenvalue weighted by atomic mass is 9.74. The Kier molecular flexibility index (Phi) is 6.65. The number of carboxylic acids is 1. The number of carboxylic acid groups (broad SMARTS) is 1. The summed E-state index contributed by atoms with van der Waals surface area (Å²) in [6.45, 7) is 5.72. The molecule has 1 N–H and O–H groups in total. The van der Waals surface area contributed by atoms with E-state index >= 15 is 0 Å². The van der Waals surface area contributed by atoms with Crippen molar-refractivity contribution in [3.05, 3.63) is 69.4 Å². The summed E-state index contributed by atoms with van der Waals surface area (Å²) in [6.07, 6.45) is 3.11. The van der Waals surface area contributed by atoms with Gasteiger partial charge in [-0.3, -0.25) is 14.0 Å². The molecule has 0 aliphatic heterocycles. The van der Waals surface area contributed by atoms with Crippen molar-refractivity contribution in [2.24, 2.45) is 12.5 Å². The number of aryl methyl sites for hydroxylation is 1. The summed E-state index contributed by atoms with van der Waals surface area (Å²) in [6, 6.07) is 8.58. The molecule has 8 nitrogen and oxygen atoms in total. The molecule has 0 saturated heterocycles. The van der Waals surface area contributed by atoms with E-state index in [-0.39, 0.29) is 5.75 Å². The maximum Gasteiger partial charge on any atom is 0.327 e. The number of ether oxygens (including phenoxy) is 1. The molecule has 2 unspecified atom stereocenters. The third kappa shape index (κ3) is 4.78. The number of aliphatic carboxylic acids is 1. The number of rotatable bonds is 6. The van der Waals surface area contributed by atoms with Crippen LogP contribution in [0.2, 0.25) is 5.02 Å². The maximum atomic E-state index is 13.3. The molecule has 0 fully saturated rings. The van der Waals surface area contributed by atoms with Crippen LogP contribution in [0.5, 0.6) is 5.75 Å². The van der Waals surface area contributed by atoms with E-state index in [0.29, 0.717) is 27.4 Å². The second-order valence-corrected chi connectivity index (χ2v) is 9.28. The maximum absolute atomic E-state index is 13.3. The highest BCUT2D eigenvalue weighted by molar-refractivity contribution is 6.31. The number of nitriles is 1. The largest absolute Gasteiger partial charge is 0.495 e. The van der Waals surface area contributed by atoms with Gasteiger partial charge in [0.05, 0.1) is 30.6 Å². The van der Waals surface area contributed by atoms with Crippen LogP contribution in [-0.2, 0) is 11.8 Å². The Morgan fingerprint density at radius 3 is 2.45 bits per heavy atom. The second kappa shape index (κ2) is 9.12. The van der Waals surface area contributed by atoms with E-state index in [1.54, 1.807) is 42.2 Å². The SMILES string of the molecule is COc1cn(C(C(=O)O)C(c2ccn(C)n2)C(C)(C)C)c(=O)cc1-c1cc(Cl)ccc1C#N. The van der Waals surface area contributed by atoms with Gasteiger partial charge in [0.15, 0.2) is 0 Å². The van der Waals surface area contributed by atoms with Gasteiger partial charge in [0, 0.05) is 41.4 Å². The number of pyridine rings is 1. The van der Waals surface area contributed by atoms with Crippen LogP contribution < -0.4 is 10.3 Å². The minimum Gasteiger partial charge on any atom is -0.495 e. The van der Waals surface area contributed by atoms with E-state index in [2.05, 4.69) is 11.2 Å². The van der Waals surface area contributed by atoms with Gasteiger partial charge in [-0.05, 0) is 29.7 Å². The van der Waals surface area contributed by atoms with Crippen LogP contribution in [0.4, 0.5) is 0 Å². The van der Waals surface area contributed by atoms with Crippen LogP contribution >= 0.6 is 11.6 Å².